The van der Waals surface area contributed by atoms with Crippen LogP contribution in [0.2, 0.25) is 0 Å². The minimum Gasteiger partial charge on any atom is -0.497 e. The van der Waals surface area contributed by atoms with Crippen LogP contribution in [0.4, 0.5) is 11.4 Å². The fraction of sp³-hybridized carbons (Fsp3) is 0.208. The normalized spacial score (nSPS) is 22.3. The summed E-state index contributed by atoms with van der Waals surface area (Å²) in [4.78, 5) is 28.5. The minimum absolute atomic E-state index is 0.0692. The first kappa shape index (κ1) is 18.9. The van der Waals surface area contributed by atoms with E-state index in [-0.39, 0.29) is 17.2 Å². The van der Waals surface area contributed by atoms with Crippen molar-refractivity contribution in [2.45, 2.75) is 24.7 Å². The first-order valence-corrected chi connectivity index (χ1v) is 10.1. The van der Waals surface area contributed by atoms with Crippen LogP contribution in [-0.2, 0) is 15.0 Å². The molecule has 0 radical (unpaired) electrons. The van der Waals surface area contributed by atoms with Gasteiger partial charge in [-0.2, -0.15) is 5.26 Å². The number of Topliss-reactive ketones (excluding diaryl/α,β-unsaturated/α-hetero) is 1. The molecule has 3 N–H and O–H groups in total. The van der Waals surface area contributed by atoms with E-state index in [4.69, 9.17) is 10.5 Å². The number of carbonyl (C=O) groups excluding carboxylic acids is 2. The van der Waals surface area contributed by atoms with E-state index in [1.807, 2.05) is 18.2 Å². The maximum absolute atomic E-state index is 13.5. The zero-order chi connectivity index (χ0) is 21.8. The molecule has 2 aromatic rings. The number of benzene rings is 2. The van der Waals surface area contributed by atoms with Crippen LogP contribution in [0.15, 0.2) is 71.2 Å². The Morgan fingerprint density at radius 1 is 1.13 bits per heavy atom. The number of hydrogen-bond donors (Lipinski definition) is 2. The van der Waals surface area contributed by atoms with Gasteiger partial charge in [0.1, 0.15) is 23.1 Å². The van der Waals surface area contributed by atoms with Gasteiger partial charge < -0.3 is 15.8 Å². The van der Waals surface area contributed by atoms with Gasteiger partial charge in [-0.25, -0.2) is 0 Å². The van der Waals surface area contributed by atoms with Crippen molar-refractivity contribution in [2.24, 2.45) is 5.73 Å². The maximum atomic E-state index is 13.5. The summed E-state index contributed by atoms with van der Waals surface area (Å²) in [5, 5.41) is 13.1. The zero-order valence-electron chi connectivity index (χ0n) is 16.9. The number of rotatable bonds is 2. The number of methoxy groups -OCH3 is 1. The van der Waals surface area contributed by atoms with Crippen LogP contribution in [0.3, 0.4) is 0 Å². The molecule has 7 nitrogen and oxygen atoms in total. The molecule has 2 heterocycles. The fourth-order valence-corrected chi connectivity index (χ4v) is 4.97. The number of allylic oxidation sites excluding steroid dienone is 1. The molecule has 1 spiro atoms. The number of anilines is 2. The zero-order valence-corrected chi connectivity index (χ0v) is 16.9. The Balaban J connectivity index is 1.84. The fourth-order valence-electron chi connectivity index (χ4n) is 4.97. The highest BCUT2D eigenvalue weighted by molar-refractivity contribution is 6.19. The second-order valence-corrected chi connectivity index (χ2v) is 7.75. The third kappa shape index (κ3) is 2.39. The van der Waals surface area contributed by atoms with E-state index >= 15 is 0 Å². The third-order valence-corrected chi connectivity index (χ3v) is 6.26. The lowest BCUT2D eigenvalue weighted by atomic mass is 9.64. The van der Waals surface area contributed by atoms with Crippen LogP contribution in [0.5, 0.6) is 5.75 Å². The smallest absolute Gasteiger partial charge is 0.245 e. The topological polar surface area (TPSA) is 108 Å². The Bertz CT molecular complexity index is 1240. The average molecular weight is 412 g/mol. The molecule has 1 unspecified atom stereocenters. The minimum atomic E-state index is -1.52. The Morgan fingerprint density at radius 3 is 2.58 bits per heavy atom. The van der Waals surface area contributed by atoms with Crippen molar-refractivity contribution in [1.29, 1.82) is 5.26 Å². The van der Waals surface area contributed by atoms with Crippen molar-refractivity contribution < 1.29 is 14.3 Å². The molecule has 5 rings (SSSR count). The van der Waals surface area contributed by atoms with Crippen LogP contribution >= 0.6 is 0 Å². The summed E-state index contributed by atoms with van der Waals surface area (Å²) in [5.74, 6) is 0.295. The summed E-state index contributed by atoms with van der Waals surface area (Å²) in [6.07, 6.45) is 1.55. The van der Waals surface area contributed by atoms with E-state index in [2.05, 4.69) is 11.4 Å². The summed E-state index contributed by atoms with van der Waals surface area (Å²) in [5.41, 5.74) is 8.05. The number of ketones is 1. The molecule has 154 valence electrons. The molecule has 0 saturated carbocycles. The van der Waals surface area contributed by atoms with Gasteiger partial charge in [-0.3, -0.25) is 14.5 Å². The quantitative estimate of drug-likeness (QED) is 0.785. The van der Waals surface area contributed by atoms with Crippen LogP contribution < -0.4 is 20.7 Å². The van der Waals surface area contributed by atoms with Gasteiger partial charge in [0.15, 0.2) is 5.78 Å². The van der Waals surface area contributed by atoms with E-state index in [9.17, 15) is 14.9 Å². The molecule has 1 amide bonds. The van der Waals surface area contributed by atoms with Gasteiger partial charge in [0.2, 0.25) is 5.91 Å². The number of amides is 1. The van der Waals surface area contributed by atoms with Crippen molar-refractivity contribution in [3.63, 3.8) is 0 Å². The van der Waals surface area contributed by atoms with Gasteiger partial charge in [-0.1, -0.05) is 18.2 Å². The molecule has 0 aromatic heterocycles. The second kappa shape index (κ2) is 6.74. The molecule has 0 bridgehead atoms. The van der Waals surface area contributed by atoms with Gasteiger partial charge in [0.05, 0.1) is 12.7 Å². The number of nitrogens with one attached hydrogen (secondary N) is 1. The summed E-state index contributed by atoms with van der Waals surface area (Å²) < 4.78 is 5.25. The van der Waals surface area contributed by atoms with E-state index < -0.39 is 11.3 Å². The number of nitrogens with zero attached hydrogens (tertiary/aromatic N) is 2. The molecule has 31 heavy (non-hydrogen) atoms. The molecule has 2 aromatic carbocycles. The monoisotopic (exact) mass is 412 g/mol. The standard InChI is InChI=1S/C24H20N4O3/c1-31-15-11-9-14(10-12-15)28-19-7-4-8-20(29)21(19)24(17(13-25)22(28)26)16-5-2-3-6-18(16)27-23(24)30/h2-3,5-6,9-12H,4,7-8,26H2,1H3,(H,27,30). The van der Waals surface area contributed by atoms with Crippen LogP contribution in [0, 0.1) is 11.3 Å². The summed E-state index contributed by atoms with van der Waals surface area (Å²) >= 11 is 0. The van der Waals surface area contributed by atoms with Gasteiger partial charge in [-0.15, -0.1) is 0 Å². The summed E-state index contributed by atoms with van der Waals surface area (Å²) in [6.45, 7) is 0. The number of fused-ring (bicyclic) bond motifs is 3. The number of ether oxygens (including phenoxy) is 1. The largest absolute Gasteiger partial charge is 0.497 e. The second-order valence-electron chi connectivity index (χ2n) is 7.75. The lowest BCUT2D eigenvalue weighted by Crippen LogP contribution is -2.50. The Kier molecular flexibility index (Phi) is 4.12. The number of nitrogens with two attached hydrogens (primary N) is 1. The van der Waals surface area contributed by atoms with E-state index in [1.54, 1.807) is 42.3 Å². The highest BCUT2D eigenvalue weighted by Crippen LogP contribution is 2.55. The molecule has 0 fully saturated rings. The average Bonchev–Trinajstić information content (AvgIpc) is 3.07. The van der Waals surface area contributed by atoms with Crippen molar-refractivity contribution in [3.05, 3.63) is 76.8 Å². The van der Waals surface area contributed by atoms with Gasteiger partial charge in [0.25, 0.3) is 0 Å². The van der Waals surface area contributed by atoms with E-state index in [1.165, 1.54) is 0 Å². The van der Waals surface area contributed by atoms with E-state index in [0.29, 0.717) is 53.2 Å². The molecule has 3 aliphatic rings. The van der Waals surface area contributed by atoms with E-state index in [0.717, 1.165) is 0 Å². The molecular weight excluding hydrogens is 392 g/mol. The highest BCUT2D eigenvalue weighted by atomic mass is 16.5. The number of nitriles is 1. The maximum Gasteiger partial charge on any atom is 0.245 e. The molecule has 0 saturated heterocycles. The molecule has 1 aliphatic carbocycles. The first-order valence-electron chi connectivity index (χ1n) is 10.1. The lowest BCUT2D eigenvalue weighted by Gasteiger charge is -2.43. The van der Waals surface area contributed by atoms with Crippen LogP contribution in [-0.4, -0.2) is 18.8 Å². The van der Waals surface area contributed by atoms with Crippen molar-refractivity contribution in [2.75, 3.05) is 17.3 Å². The first-order chi connectivity index (χ1) is 15.0. The van der Waals surface area contributed by atoms with Crippen molar-refractivity contribution in [3.8, 4) is 11.8 Å². The third-order valence-electron chi connectivity index (χ3n) is 6.26. The van der Waals surface area contributed by atoms with Gasteiger partial charge in [0, 0.05) is 34.6 Å². The molecule has 1 atom stereocenters. The SMILES string of the molecule is COc1ccc(N2C(N)=C(C#N)C3(C(=O)Nc4ccccc43)C3=C2CCCC3=O)cc1. The predicted octanol–water partition coefficient (Wildman–Crippen LogP) is 3.11. The summed E-state index contributed by atoms with van der Waals surface area (Å²) in [6, 6.07) is 16.6. The number of hydrogen-bond acceptors (Lipinski definition) is 6. The van der Waals surface area contributed by atoms with Gasteiger partial charge >= 0.3 is 0 Å². The summed E-state index contributed by atoms with van der Waals surface area (Å²) in [7, 11) is 1.58. The van der Waals surface area contributed by atoms with Gasteiger partial charge in [-0.05, 0) is 43.2 Å². The Hall–Kier alpha value is -4.05. The molecule has 7 heteroatoms. The Morgan fingerprint density at radius 2 is 1.87 bits per heavy atom. The van der Waals surface area contributed by atoms with Crippen molar-refractivity contribution in [1.82, 2.24) is 0 Å². The number of carbonyl (C=O) groups is 2. The Labute approximate surface area is 179 Å². The van der Waals surface area contributed by atoms with Crippen LogP contribution in [0.1, 0.15) is 24.8 Å². The number of para-hydroxylation sites is 1. The predicted molar refractivity (Wildman–Crippen MR) is 115 cm³/mol. The van der Waals surface area contributed by atoms with Crippen LogP contribution in [0.25, 0.3) is 0 Å². The molecular formula is C24H20N4O3. The lowest BCUT2D eigenvalue weighted by molar-refractivity contribution is -0.122. The highest BCUT2D eigenvalue weighted by Gasteiger charge is 2.59. The van der Waals surface area contributed by atoms with Crippen molar-refractivity contribution >= 4 is 23.1 Å². The molecule has 2 aliphatic heterocycles.